The lowest BCUT2D eigenvalue weighted by atomic mass is 9.97. The van der Waals surface area contributed by atoms with Crippen LogP contribution in [0.4, 0.5) is 0 Å². The largest absolute Gasteiger partial charge is 0.493 e. The van der Waals surface area contributed by atoms with Crippen LogP contribution in [0.1, 0.15) is 41.6 Å². The zero-order valence-electron chi connectivity index (χ0n) is 20.2. The van der Waals surface area contributed by atoms with Gasteiger partial charge in [-0.25, -0.2) is 0 Å². The SMILES string of the molecule is CCN(CC)CCN1C(=O)c2oc3ccccc3c(=O)c2[C@H]1c1cc(OC)c(OC)c(OC)c1. The van der Waals surface area contributed by atoms with Crippen molar-refractivity contribution in [3.05, 3.63) is 63.5 Å². The van der Waals surface area contributed by atoms with Crippen LogP contribution in [-0.4, -0.2) is 63.2 Å². The second kappa shape index (κ2) is 9.77. The Labute approximate surface area is 198 Å². The van der Waals surface area contributed by atoms with E-state index in [1.54, 1.807) is 41.3 Å². The van der Waals surface area contributed by atoms with Gasteiger partial charge in [0.05, 0.1) is 38.3 Å². The molecule has 0 bridgehead atoms. The van der Waals surface area contributed by atoms with Crippen LogP contribution < -0.4 is 19.6 Å². The monoisotopic (exact) mass is 466 g/mol. The van der Waals surface area contributed by atoms with Gasteiger partial charge in [0.25, 0.3) is 5.91 Å². The fourth-order valence-electron chi connectivity index (χ4n) is 4.59. The van der Waals surface area contributed by atoms with Crippen LogP contribution >= 0.6 is 0 Å². The minimum atomic E-state index is -0.646. The lowest BCUT2D eigenvalue weighted by Crippen LogP contribution is -2.37. The van der Waals surface area contributed by atoms with E-state index in [4.69, 9.17) is 18.6 Å². The normalized spacial score (nSPS) is 15.2. The Bertz CT molecular complexity index is 1240. The van der Waals surface area contributed by atoms with Crippen molar-refractivity contribution in [2.45, 2.75) is 19.9 Å². The minimum Gasteiger partial charge on any atom is -0.493 e. The van der Waals surface area contributed by atoms with Gasteiger partial charge in [0.15, 0.2) is 16.9 Å². The summed E-state index contributed by atoms with van der Waals surface area (Å²) in [5, 5.41) is 0.442. The molecule has 4 rings (SSSR count). The third-order valence-corrected chi connectivity index (χ3v) is 6.43. The summed E-state index contributed by atoms with van der Waals surface area (Å²) in [6.07, 6.45) is 0. The van der Waals surface area contributed by atoms with Gasteiger partial charge in [0.2, 0.25) is 11.5 Å². The Hall–Kier alpha value is -3.52. The molecule has 0 radical (unpaired) electrons. The molecule has 0 aliphatic carbocycles. The first-order valence-corrected chi connectivity index (χ1v) is 11.4. The number of hydrogen-bond donors (Lipinski definition) is 0. The van der Waals surface area contributed by atoms with E-state index in [0.29, 0.717) is 52.4 Å². The summed E-state index contributed by atoms with van der Waals surface area (Å²) in [7, 11) is 4.61. The molecule has 0 spiro atoms. The molecule has 34 heavy (non-hydrogen) atoms. The second-order valence-corrected chi connectivity index (χ2v) is 8.06. The van der Waals surface area contributed by atoms with Crippen molar-refractivity contribution in [2.24, 2.45) is 0 Å². The van der Waals surface area contributed by atoms with Crippen molar-refractivity contribution < 1.29 is 23.4 Å². The second-order valence-electron chi connectivity index (χ2n) is 8.06. The molecule has 3 aromatic rings. The summed E-state index contributed by atoms with van der Waals surface area (Å²) in [5.41, 5.74) is 1.20. The number of hydrogen-bond acceptors (Lipinski definition) is 7. The van der Waals surface area contributed by atoms with Crippen molar-refractivity contribution in [1.82, 2.24) is 9.80 Å². The van der Waals surface area contributed by atoms with E-state index in [1.807, 2.05) is 0 Å². The smallest absolute Gasteiger partial charge is 0.290 e. The Morgan fingerprint density at radius 2 is 1.62 bits per heavy atom. The molecule has 8 nitrogen and oxygen atoms in total. The number of carbonyl (C=O) groups is 1. The van der Waals surface area contributed by atoms with Gasteiger partial charge >= 0.3 is 0 Å². The van der Waals surface area contributed by atoms with Crippen LogP contribution in [-0.2, 0) is 0 Å². The quantitative estimate of drug-likeness (QED) is 0.476. The van der Waals surface area contributed by atoms with Gasteiger partial charge in [0.1, 0.15) is 5.58 Å². The maximum Gasteiger partial charge on any atom is 0.290 e. The Balaban J connectivity index is 1.93. The van der Waals surface area contributed by atoms with Crippen LogP contribution in [0.5, 0.6) is 17.2 Å². The van der Waals surface area contributed by atoms with Gasteiger partial charge in [-0.05, 0) is 42.9 Å². The molecule has 0 saturated carbocycles. The van der Waals surface area contributed by atoms with E-state index >= 15 is 0 Å². The number of nitrogens with zero attached hydrogens (tertiary/aromatic N) is 2. The van der Waals surface area contributed by atoms with Crippen LogP contribution in [0.3, 0.4) is 0 Å². The topological polar surface area (TPSA) is 81.5 Å². The molecule has 2 aromatic carbocycles. The average molecular weight is 467 g/mol. The van der Waals surface area contributed by atoms with Gasteiger partial charge in [-0.1, -0.05) is 26.0 Å². The minimum absolute atomic E-state index is 0.0852. The van der Waals surface area contributed by atoms with Crippen LogP contribution in [0, 0.1) is 0 Å². The van der Waals surface area contributed by atoms with E-state index in [-0.39, 0.29) is 17.1 Å². The van der Waals surface area contributed by atoms with Gasteiger partial charge in [-0.3, -0.25) is 9.59 Å². The number of methoxy groups -OCH3 is 3. The predicted molar refractivity (Wildman–Crippen MR) is 129 cm³/mol. The maximum atomic E-state index is 13.6. The van der Waals surface area contributed by atoms with Gasteiger partial charge < -0.3 is 28.4 Å². The summed E-state index contributed by atoms with van der Waals surface area (Å²) >= 11 is 0. The molecule has 1 amide bonds. The van der Waals surface area contributed by atoms with Crippen molar-refractivity contribution >= 4 is 16.9 Å². The number of fused-ring (bicyclic) bond motifs is 2. The summed E-state index contributed by atoms with van der Waals surface area (Å²) in [4.78, 5) is 31.2. The highest BCUT2D eigenvalue weighted by Crippen LogP contribution is 2.44. The molecule has 0 saturated heterocycles. The molecular weight excluding hydrogens is 436 g/mol. The van der Waals surface area contributed by atoms with E-state index in [1.165, 1.54) is 21.3 Å². The Morgan fingerprint density at radius 1 is 0.971 bits per heavy atom. The summed E-state index contributed by atoms with van der Waals surface area (Å²) in [6, 6.07) is 9.92. The average Bonchev–Trinajstić information content (AvgIpc) is 3.15. The van der Waals surface area contributed by atoms with Crippen molar-refractivity contribution in [3.8, 4) is 17.2 Å². The van der Waals surface area contributed by atoms with Crippen LogP contribution in [0.15, 0.2) is 45.6 Å². The summed E-state index contributed by atoms with van der Waals surface area (Å²) in [6.45, 7) is 6.99. The zero-order chi connectivity index (χ0) is 24.4. The number of para-hydroxylation sites is 1. The standard InChI is InChI=1S/C26H30N2O6/c1-6-27(7-2)12-13-28-22(16-14-19(31-3)24(33-5)20(15-16)32-4)21-23(29)17-10-8-9-11-18(17)34-25(21)26(28)30/h8-11,14-15,22H,6-7,12-13H2,1-5H3/t22-/m1/s1. The van der Waals surface area contributed by atoms with E-state index in [2.05, 4.69) is 18.7 Å². The van der Waals surface area contributed by atoms with E-state index < -0.39 is 6.04 Å². The molecule has 2 heterocycles. The Kier molecular flexibility index (Phi) is 6.79. The molecule has 0 N–H and O–H groups in total. The highest BCUT2D eigenvalue weighted by molar-refractivity contribution is 5.99. The molecule has 0 unspecified atom stereocenters. The van der Waals surface area contributed by atoms with Gasteiger partial charge in [-0.2, -0.15) is 0 Å². The fourth-order valence-corrected chi connectivity index (χ4v) is 4.59. The highest BCUT2D eigenvalue weighted by Gasteiger charge is 2.43. The number of likely N-dealkylation sites (N-methyl/N-ethyl adjacent to an activating group) is 1. The molecular formula is C26H30N2O6. The molecule has 1 aliphatic heterocycles. The number of benzene rings is 2. The molecule has 8 heteroatoms. The van der Waals surface area contributed by atoms with E-state index in [9.17, 15) is 9.59 Å². The number of ether oxygens (including phenoxy) is 3. The summed E-state index contributed by atoms with van der Waals surface area (Å²) in [5.74, 6) is 1.13. The lowest BCUT2D eigenvalue weighted by molar-refractivity contribution is 0.0707. The number of rotatable bonds is 9. The highest BCUT2D eigenvalue weighted by atomic mass is 16.5. The van der Waals surface area contributed by atoms with Gasteiger partial charge in [0, 0.05) is 13.1 Å². The third-order valence-electron chi connectivity index (χ3n) is 6.43. The van der Waals surface area contributed by atoms with Gasteiger partial charge in [-0.15, -0.1) is 0 Å². The van der Waals surface area contributed by atoms with Crippen LogP contribution in [0.2, 0.25) is 0 Å². The molecule has 0 fully saturated rings. The molecule has 1 aliphatic rings. The van der Waals surface area contributed by atoms with E-state index in [0.717, 1.165) is 13.1 Å². The first kappa shape index (κ1) is 23.6. The van der Waals surface area contributed by atoms with Crippen molar-refractivity contribution in [1.29, 1.82) is 0 Å². The maximum absolute atomic E-state index is 13.6. The predicted octanol–water partition coefficient (Wildman–Crippen LogP) is 3.71. The first-order chi connectivity index (χ1) is 16.5. The number of carbonyl (C=O) groups excluding carboxylic acids is 1. The molecule has 180 valence electrons. The first-order valence-electron chi connectivity index (χ1n) is 11.4. The third kappa shape index (κ3) is 3.88. The molecule has 1 atom stereocenters. The zero-order valence-corrected chi connectivity index (χ0v) is 20.2. The van der Waals surface area contributed by atoms with Crippen molar-refractivity contribution in [2.75, 3.05) is 47.5 Å². The number of amides is 1. The summed E-state index contributed by atoms with van der Waals surface area (Å²) < 4.78 is 22.6. The Morgan fingerprint density at radius 3 is 2.21 bits per heavy atom. The fraction of sp³-hybridized carbons (Fsp3) is 0.385. The van der Waals surface area contributed by atoms with Crippen molar-refractivity contribution in [3.63, 3.8) is 0 Å². The lowest BCUT2D eigenvalue weighted by Gasteiger charge is -2.28. The van der Waals surface area contributed by atoms with Crippen LogP contribution in [0.25, 0.3) is 11.0 Å². The molecule has 1 aromatic heterocycles.